The van der Waals surface area contributed by atoms with E-state index < -0.39 is 0 Å². The fourth-order valence-corrected chi connectivity index (χ4v) is 4.66. The van der Waals surface area contributed by atoms with Gasteiger partial charge < -0.3 is 20.4 Å². The lowest BCUT2D eigenvalue weighted by molar-refractivity contribution is 0.102. The Kier molecular flexibility index (Phi) is 7.81. The Morgan fingerprint density at radius 1 is 0.789 bits per heavy atom. The Labute approximate surface area is 221 Å². The van der Waals surface area contributed by atoms with Crippen molar-refractivity contribution in [3.8, 4) is 5.75 Å². The summed E-state index contributed by atoms with van der Waals surface area (Å²) in [4.78, 5) is 29.3. The summed E-state index contributed by atoms with van der Waals surface area (Å²) in [5, 5.41) is 7.59. The summed E-state index contributed by atoms with van der Waals surface area (Å²) >= 11 is 0. The number of ether oxygens (including phenoxy) is 1. The minimum absolute atomic E-state index is 0.0808. The summed E-state index contributed by atoms with van der Waals surface area (Å²) in [5.41, 5.74) is 4.84. The number of methoxy groups -OCH3 is 1. The molecule has 192 valence electrons. The molecule has 0 saturated heterocycles. The van der Waals surface area contributed by atoms with Crippen LogP contribution in [0.3, 0.4) is 0 Å². The van der Waals surface area contributed by atoms with Crippen LogP contribution in [-0.2, 0) is 12.8 Å². The van der Waals surface area contributed by atoms with E-state index in [1.807, 2.05) is 54.6 Å². The highest BCUT2D eigenvalue weighted by Gasteiger charge is 2.14. The molecule has 0 atom stereocenters. The van der Waals surface area contributed by atoms with E-state index in [4.69, 9.17) is 4.74 Å². The highest BCUT2D eigenvalue weighted by atomic mass is 16.5. The largest absolute Gasteiger partial charge is 0.497 e. The number of hydrogen-bond donors (Lipinski definition) is 3. The van der Waals surface area contributed by atoms with Crippen LogP contribution in [-0.4, -0.2) is 31.1 Å². The molecule has 0 saturated carbocycles. The van der Waals surface area contributed by atoms with Crippen LogP contribution >= 0.6 is 0 Å². The van der Waals surface area contributed by atoms with Gasteiger partial charge in [0.25, 0.3) is 5.91 Å². The van der Waals surface area contributed by atoms with Crippen molar-refractivity contribution in [3.63, 3.8) is 0 Å². The maximum absolute atomic E-state index is 13.1. The second kappa shape index (κ2) is 11.8. The second-order valence-corrected chi connectivity index (χ2v) is 9.33. The van der Waals surface area contributed by atoms with Gasteiger partial charge in [0.1, 0.15) is 5.75 Å². The van der Waals surface area contributed by atoms with Crippen LogP contribution in [0.4, 0.5) is 5.69 Å². The number of fused-ring (bicyclic) bond motifs is 2. The Morgan fingerprint density at radius 2 is 1.50 bits per heavy atom. The number of H-pyrrole nitrogens is 1. The fraction of sp³-hybridized carbons (Fsp3) is 0.188. The SMILES string of the molecule is COc1ccc(CCCNCCc2ccc(NC(=O)c3cccc4c(=O)c5ccccc5[nH]c34)cc2)cc1. The number of carbonyl (C=O) groups is 1. The molecule has 1 aromatic heterocycles. The van der Waals surface area contributed by atoms with E-state index in [2.05, 4.69) is 27.8 Å². The second-order valence-electron chi connectivity index (χ2n) is 9.33. The molecular weight excluding hydrogens is 474 g/mol. The zero-order valence-corrected chi connectivity index (χ0v) is 21.4. The lowest BCUT2D eigenvalue weighted by Crippen LogP contribution is -2.19. The fourth-order valence-electron chi connectivity index (χ4n) is 4.66. The van der Waals surface area contributed by atoms with E-state index in [1.165, 1.54) is 11.1 Å². The average Bonchev–Trinajstić information content (AvgIpc) is 2.96. The molecule has 0 aliphatic carbocycles. The molecule has 1 heterocycles. The normalized spacial score (nSPS) is 11.1. The number of anilines is 1. The number of rotatable bonds is 10. The van der Waals surface area contributed by atoms with Crippen molar-refractivity contribution in [3.05, 3.63) is 118 Å². The van der Waals surface area contributed by atoms with Gasteiger partial charge in [0.15, 0.2) is 5.43 Å². The molecule has 1 amide bonds. The third-order valence-electron chi connectivity index (χ3n) is 6.77. The first kappa shape index (κ1) is 25.2. The average molecular weight is 506 g/mol. The zero-order valence-electron chi connectivity index (χ0n) is 21.4. The highest BCUT2D eigenvalue weighted by molar-refractivity contribution is 6.13. The van der Waals surface area contributed by atoms with Crippen LogP contribution in [0.15, 0.2) is 95.8 Å². The Bertz CT molecular complexity index is 1610. The van der Waals surface area contributed by atoms with Gasteiger partial charge in [-0.2, -0.15) is 0 Å². The number of pyridine rings is 1. The maximum atomic E-state index is 13.1. The molecule has 0 bridgehead atoms. The summed E-state index contributed by atoms with van der Waals surface area (Å²) in [6, 6.07) is 28.7. The van der Waals surface area contributed by atoms with E-state index in [1.54, 1.807) is 31.4 Å². The van der Waals surface area contributed by atoms with E-state index in [9.17, 15) is 9.59 Å². The molecule has 38 heavy (non-hydrogen) atoms. The smallest absolute Gasteiger partial charge is 0.257 e. The van der Waals surface area contributed by atoms with Crippen LogP contribution in [0.1, 0.15) is 27.9 Å². The van der Waals surface area contributed by atoms with Crippen molar-refractivity contribution < 1.29 is 9.53 Å². The van der Waals surface area contributed by atoms with Crippen molar-refractivity contribution in [1.82, 2.24) is 10.3 Å². The van der Waals surface area contributed by atoms with Gasteiger partial charge in [-0.15, -0.1) is 0 Å². The number of amides is 1. The Morgan fingerprint density at radius 3 is 2.29 bits per heavy atom. The van der Waals surface area contributed by atoms with Gasteiger partial charge in [-0.25, -0.2) is 0 Å². The molecular formula is C32H31N3O3. The minimum Gasteiger partial charge on any atom is -0.497 e. The molecule has 0 aliphatic rings. The predicted molar refractivity (Wildman–Crippen MR) is 154 cm³/mol. The molecule has 5 aromatic rings. The number of aryl methyl sites for hydroxylation is 1. The number of nitrogens with one attached hydrogen (secondary N) is 3. The van der Waals surface area contributed by atoms with Gasteiger partial charge in [-0.05, 0) is 92.0 Å². The molecule has 4 aromatic carbocycles. The Balaban J connectivity index is 1.14. The monoisotopic (exact) mass is 505 g/mol. The van der Waals surface area contributed by atoms with Crippen molar-refractivity contribution >= 4 is 33.4 Å². The minimum atomic E-state index is -0.257. The van der Waals surface area contributed by atoms with Crippen molar-refractivity contribution in [2.75, 3.05) is 25.5 Å². The zero-order chi connectivity index (χ0) is 26.3. The van der Waals surface area contributed by atoms with Gasteiger partial charge in [0, 0.05) is 22.0 Å². The predicted octanol–water partition coefficient (Wildman–Crippen LogP) is 5.71. The van der Waals surface area contributed by atoms with Crippen LogP contribution < -0.4 is 20.8 Å². The summed E-state index contributed by atoms with van der Waals surface area (Å²) in [5.74, 6) is 0.629. The highest BCUT2D eigenvalue weighted by Crippen LogP contribution is 2.20. The van der Waals surface area contributed by atoms with Crippen LogP contribution in [0.25, 0.3) is 21.8 Å². The van der Waals surface area contributed by atoms with Crippen molar-refractivity contribution in [2.45, 2.75) is 19.3 Å². The summed E-state index contributed by atoms with van der Waals surface area (Å²) in [6.07, 6.45) is 3.02. The molecule has 3 N–H and O–H groups in total. The first-order chi connectivity index (χ1) is 18.6. The first-order valence-corrected chi connectivity index (χ1v) is 12.9. The molecule has 0 radical (unpaired) electrons. The molecule has 5 rings (SSSR count). The third kappa shape index (κ3) is 5.76. The molecule has 6 heteroatoms. The number of carbonyl (C=O) groups excluding carboxylic acids is 1. The van der Waals surface area contributed by atoms with Gasteiger partial charge in [-0.1, -0.05) is 42.5 Å². The molecule has 0 unspecified atom stereocenters. The van der Waals surface area contributed by atoms with Crippen molar-refractivity contribution in [1.29, 1.82) is 0 Å². The number of aromatic nitrogens is 1. The van der Waals surface area contributed by atoms with E-state index in [-0.39, 0.29) is 11.3 Å². The number of benzene rings is 4. The first-order valence-electron chi connectivity index (χ1n) is 12.9. The van der Waals surface area contributed by atoms with Crippen molar-refractivity contribution in [2.24, 2.45) is 0 Å². The summed E-state index contributed by atoms with van der Waals surface area (Å²) < 4.78 is 5.20. The van der Waals surface area contributed by atoms with Crippen LogP contribution in [0.5, 0.6) is 5.75 Å². The molecule has 6 nitrogen and oxygen atoms in total. The molecule has 0 spiro atoms. The third-order valence-corrected chi connectivity index (χ3v) is 6.77. The van der Waals surface area contributed by atoms with Gasteiger partial charge >= 0.3 is 0 Å². The van der Waals surface area contributed by atoms with Crippen LogP contribution in [0, 0.1) is 0 Å². The summed E-state index contributed by atoms with van der Waals surface area (Å²) in [6.45, 7) is 1.86. The maximum Gasteiger partial charge on any atom is 0.257 e. The van der Waals surface area contributed by atoms with Gasteiger partial charge in [0.2, 0.25) is 0 Å². The standard InChI is InChI=1S/C32H31N3O3/c1-38-25-17-13-22(14-18-25)6-5-20-33-21-19-23-11-15-24(16-12-23)34-32(37)28-9-4-8-27-30(28)35-29-10-3-2-7-26(29)31(27)36/h2-4,7-18,33H,5-6,19-21H2,1H3,(H,34,37)(H,35,36). The number of para-hydroxylation sites is 2. The quantitative estimate of drug-likeness (QED) is 0.168. The topological polar surface area (TPSA) is 83.2 Å². The van der Waals surface area contributed by atoms with E-state index >= 15 is 0 Å². The summed E-state index contributed by atoms with van der Waals surface area (Å²) in [7, 11) is 1.68. The lowest BCUT2D eigenvalue weighted by atomic mass is 10.1. The van der Waals surface area contributed by atoms with Crippen LogP contribution in [0.2, 0.25) is 0 Å². The molecule has 0 fully saturated rings. The van der Waals surface area contributed by atoms with Gasteiger partial charge in [-0.3, -0.25) is 9.59 Å². The lowest BCUT2D eigenvalue weighted by Gasteiger charge is -2.10. The van der Waals surface area contributed by atoms with E-state index in [0.717, 1.165) is 38.1 Å². The number of aromatic amines is 1. The molecule has 0 aliphatic heterocycles. The Hall–Kier alpha value is -4.42. The van der Waals surface area contributed by atoms with Gasteiger partial charge in [0.05, 0.1) is 18.2 Å². The number of hydrogen-bond acceptors (Lipinski definition) is 4. The van der Waals surface area contributed by atoms with E-state index in [0.29, 0.717) is 33.1 Å².